The van der Waals surface area contributed by atoms with Gasteiger partial charge in [-0.05, 0) is 23.8 Å². The molecule has 5 nitrogen and oxygen atoms in total. The lowest BCUT2D eigenvalue weighted by molar-refractivity contribution is -0.221. The highest BCUT2D eigenvalue weighted by atomic mass is 19.4. The zero-order chi connectivity index (χ0) is 18.2. The van der Waals surface area contributed by atoms with Crippen molar-refractivity contribution >= 4 is 18.0 Å². The van der Waals surface area contributed by atoms with Gasteiger partial charge in [-0.3, -0.25) is 4.79 Å². The van der Waals surface area contributed by atoms with Gasteiger partial charge >= 0.3 is 18.1 Å². The average molecular weight is 346 g/mol. The molecule has 0 radical (unpaired) electrons. The van der Waals surface area contributed by atoms with Crippen LogP contribution in [0.4, 0.5) is 13.2 Å². The van der Waals surface area contributed by atoms with Crippen LogP contribution >= 0.6 is 0 Å². The van der Waals surface area contributed by atoms with Crippen LogP contribution in [-0.2, 0) is 19.1 Å². The predicted octanol–water partition coefficient (Wildman–Crippen LogP) is 3.14. The molecule has 0 saturated carbocycles. The Kier molecular flexibility index (Phi) is 7.44. The van der Waals surface area contributed by atoms with Gasteiger partial charge in [0.25, 0.3) is 0 Å². The highest BCUT2D eigenvalue weighted by molar-refractivity contribution is 5.87. The molecule has 24 heavy (non-hydrogen) atoms. The van der Waals surface area contributed by atoms with Gasteiger partial charge in [0.15, 0.2) is 6.10 Å². The van der Waals surface area contributed by atoms with Crippen molar-refractivity contribution in [3.05, 3.63) is 35.9 Å². The maximum Gasteiger partial charge on any atom is 0.425 e. The molecule has 1 aromatic carbocycles. The van der Waals surface area contributed by atoms with Crippen LogP contribution in [0.2, 0.25) is 0 Å². The van der Waals surface area contributed by atoms with Crippen molar-refractivity contribution in [2.24, 2.45) is 0 Å². The zero-order valence-electron chi connectivity index (χ0n) is 13.1. The predicted molar refractivity (Wildman–Crippen MR) is 79.2 cm³/mol. The van der Waals surface area contributed by atoms with Gasteiger partial charge in [0.1, 0.15) is 5.75 Å². The number of halogens is 3. The van der Waals surface area contributed by atoms with Crippen LogP contribution in [-0.4, -0.2) is 37.9 Å². The lowest BCUT2D eigenvalue weighted by Crippen LogP contribution is -2.34. The van der Waals surface area contributed by atoms with Gasteiger partial charge in [-0.25, -0.2) is 4.79 Å². The second-order valence-corrected chi connectivity index (χ2v) is 4.74. The summed E-state index contributed by atoms with van der Waals surface area (Å²) >= 11 is 0. The van der Waals surface area contributed by atoms with Crippen LogP contribution in [0.5, 0.6) is 5.75 Å². The molecule has 0 amide bonds. The first-order valence-corrected chi connectivity index (χ1v) is 6.95. The molecule has 1 unspecified atom stereocenters. The Morgan fingerprint density at radius 1 is 1.21 bits per heavy atom. The molecule has 0 aliphatic carbocycles. The molecule has 1 rings (SSSR count). The van der Waals surface area contributed by atoms with Crippen molar-refractivity contribution in [2.75, 3.05) is 13.7 Å². The Labute approximate surface area is 137 Å². The molecular weight excluding hydrogens is 329 g/mol. The number of carbonyl (C=O) groups is 2. The summed E-state index contributed by atoms with van der Waals surface area (Å²) in [5.41, 5.74) is 0.531. The molecule has 0 saturated heterocycles. The molecule has 0 aliphatic rings. The van der Waals surface area contributed by atoms with Crippen molar-refractivity contribution in [3.63, 3.8) is 0 Å². The van der Waals surface area contributed by atoms with Crippen LogP contribution in [0.15, 0.2) is 30.3 Å². The molecule has 0 aromatic heterocycles. The first-order valence-electron chi connectivity index (χ1n) is 6.95. The van der Waals surface area contributed by atoms with E-state index in [9.17, 15) is 22.8 Å². The fourth-order valence-electron chi connectivity index (χ4n) is 1.67. The van der Waals surface area contributed by atoms with Crippen molar-refractivity contribution < 1.29 is 37.0 Å². The maximum atomic E-state index is 12.7. The van der Waals surface area contributed by atoms with Crippen molar-refractivity contribution in [1.82, 2.24) is 0 Å². The lowest BCUT2D eigenvalue weighted by Gasteiger charge is -2.19. The third-order valence-electron chi connectivity index (χ3n) is 2.76. The monoisotopic (exact) mass is 346 g/mol. The van der Waals surface area contributed by atoms with E-state index in [1.54, 1.807) is 0 Å². The van der Waals surface area contributed by atoms with E-state index in [-0.39, 0.29) is 6.61 Å². The van der Waals surface area contributed by atoms with E-state index in [4.69, 9.17) is 4.74 Å². The number of hydrogen-bond acceptors (Lipinski definition) is 5. The first-order chi connectivity index (χ1) is 11.2. The van der Waals surface area contributed by atoms with Crippen molar-refractivity contribution in [3.8, 4) is 5.75 Å². The lowest BCUT2D eigenvalue weighted by atomic mass is 10.2. The molecule has 0 fully saturated rings. The van der Waals surface area contributed by atoms with Gasteiger partial charge in [-0.2, -0.15) is 13.2 Å². The Bertz CT molecular complexity index is 578. The Balaban J connectivity index is 2.64. The Morgan fingerprint density at radius 2 is 1.83 bits per heavy atom. The van der Waals surface area contributed by atoms with Gasteiger partial charge in [0.2, 0.25) is 0 Å². The van der Waals surface area contributed by atoms with E-state index in [1.165, 1.54) is 44.4 Å². The van der Waals surface area contributed by atoms with Crippen LogP contribution < -0.4 is 4.74 Å². The summed E-state index contributed by atoms with van der Waals surface area (Å²) in [6.45, 7) is 1.07. The SMILES string of the molecule is COCCC(OC(=O)C=Cc1ccc(OC(C)=O)cc1)C(F)(F)F. The maximum absolute atomic E-state index is 12.7. The normalized spacial score (nSPS) is 12.9. The second kappa shape index (κ2) is 9.07. The van der Waals surface area contributed by atoms with Gasteiger partial charge in [-0.15, -0.1) is 0 Å². The van der Waals surface area contributed by atoms with E-state index < -0.39 is 30.6 Å². The third-order valence-corrected chi connectivity index (χ3v) is 2.76. The number of methoxy groups -OCH3 is 1. The molecule has 132 valence electrons. The molecule has 1 atom stereocenters. The van der Waals surface area contributed by atoms with Gasteiger partial charge in [-0.1, -0.05) is 12.1 Å². The van der Waals surface area contributed by atoms with E-state index in [0.29, 0.717) is 11.3 Å². The standard InChI is InChI=1S/C16H17F3O5/c1-11(20)23-13-6-3-12(4-7-13)5-8-15(21)24-14(9-10-22-2)16(17,18)19/h3-8,14H,9-10H2,1-2H3. The second-order valence-electron chi connectivity index (χ2n) is 4.74. The quantitative estimate of drug-likeness (QED) is 0.431. The summed E-state index contributed by atoms with van der Waals surface area (Å²) in [4.78, 5) is 22.3. The summed E-state index contributed by atoms with van der Waals surface area (Å²) in [5, 5.41) is 0. The number of ether oxygens (including phenoxy) is 3. The molecular formula is C16H17F3O5. The molecule has 8 heteroatoms. The molecule has 0 N–H and O–H groups in total. The highest BCUT2D eigenvalue weighted by Gasteiger charge is 2.42. The Morgan fingerprint density at radius 3 is 2.33 bits per heavy atom. The van der Waals surface area contributed by atoms with E-state index in [0.717, 1.165) is 6.08 Å². The topological polar surface area (TPSA) is 61.8 Å². The summed E-state index contributed by atoms with van der Waals surface area (Å²) in [7, 11) is 1.26. The number of alkyl halides is 3. The van der Waals surface area contributed by atoms with E-state index >= 15 is 0 Å². The summed E-state index contributed by atoms with van der Waals surface area (Å²) < 4.78 is 52.0. The fourth-order valence-corrected chi connectivity index (χ4v) is 1.67. The van der Waals surface area contributed by atoms with Crippen LogP contribution in [0.25, 0.3) is 6.08 Å². The minimum atomic E-state index is -4.66. The van der Waals surface area contributed by atoms with Crippen LogP contribution in [0.3, 0.4) is 0 Å². The minimum Gasteiger partial charge on any atom is -0.449 e. The minimum absolute atomic E-state index is 0.182. The summed E-state index contributed by atoms with van der Waals surface area (Å²) in [6, 6.07) is 6.05. The highest BCUT2D eigenvalue weighted by Crippen LogP contribution is 2.25. The molecule has 0 bridgehead atoms. The van der Waals surface area contributed by atoms with Crippen molar-refractivity contribution in [2.45, 2.75) is 25.6 Å². The molecule has 0 heterocycles. The average Bonchev–Trinajstić information content (AvgIpc) is 2.49. The number of rotatable bonds is 7. The first kappa shape index (κ1) is 19.7. The Hall–Kier alpha value is -2.35. The largest absolute Gasteiger partial charge is 0.449 e. The molecule has 0 aliphatic heterocycles. The summed E-state index contributed by atoms with van der Waals surface area (Å²) in [5.74, 6) is -1.27. The van der Waals surface area contributed by atoms with Gasteiger partial charge in [0, 0.05) is 26.5 Å². The fraction of sp³-hybridized carbons (Fsp3) is 0.375. The van der Waals surface area contributed by atoms with E-state index in [2.05, 4.69) is 9.47 Å². The number of carbonyl (C=O) groups excluding carboxylic acids is 2. The molecule has 1 aromatic rings. The van der Waals surface area contributed by atoms with E-state index in [1.807, 2.05) is 0 Å². The number of hydrogen-bond donors (Lipinski definition) is 0. The number of benzene rings is 1. The third kappa shape index (κ3) is 7.28. The van der Waals surface area contributed by atoms with Gasteiger partial charge < -0.3 is 14.2 Å². The van der Waals surface area contributed by atoms with Crippen LogP contribution in [0.1, 0.15) is 18.9 Å². The van der Waals surface area contributed by atoms with Crippen LogP contribution in [0, 0.1) is 0 Å². The summed E-state index contributed by atoms with van der Waals surface area (Å²) in [6.07, 6.45) is -5.17. The number of esters is 2. The smallest absolute Gasteiger partial charge is 0.425 e. The van der Waals surface area contributed by atoms with Gasteiger partial charge in [0.05, 0.1) is 6.61 Å². The zero-order valence-corrected chi connectivity index (χ0v) is 13.1. The van der Waals surface area contributed by atoms with Crippen molar-refractivity contribution in [1.29, 1.82) is 0 Å². The molecule has 0 spiro atoms.